The number of nitrogens with zero attached hydrogens (tertiary/aromatic N) is 2. The second-order valence-electron chi connectivity index (χ2n) is 9.16. The van der Waals surface area contributed by atoms with Crippen molar-refractivity contribution in [3.63, 3.8) is 0 Å². The maximum absolute atomic E-state index is 13.9. The number of benzene rings is 3. The minimum atomic E-state index is -4.17. The van der Waals surface area contributed by atoms with Crippen LogP contribution >= 0.6 is 23.2 Å². The van der Waals surface area contributed by atoms with Crippen LogP contribution in [-0.2, 0) is 26.2 Å². The van der Waals surface area contributed by atoms with E-state index in [1.54, 1.807) is 74.5 Å². The van der Waals surface area contributed by atoms with E-state index in [9.17, 15) is 18.0 Å². The normalized spacial score (nSPS) is 12.2. The molecule has 3 rings (SSSR count). The van der Waals surface area contributed by atoms with Gasteiger partial charge in [0.15, 0.2) is 0 Å². The van der Waals surface area contributed by atoms with Gasteiger partial charge in [-0.15, -0.1) is 0 Å². The fraction of sp³-hybridized carbons (Fsp3) is 0.286. The van der Waals surface area contributed by atoms with Gasteiger partial charge in [-0.3, -0.25) is 13.9 Å². The molecule has 0 heterocycles. The van der Waals surface area contributed by atoms with Crippen LogP contribution in [0.25, 0.3) is 0 Å². The van der Waals surface area contributed by atoms with Crippen LogP contribution in [0.4, 0.5) is 5.69 Å². The molecule has 0 spiro atoms. The van der Waals surface area contributed by atoms with E-state index in [0.717, 1.165) is 4.31 Å². The van der Waals surface area contributed by atoms with Crippen LogP contribution in [0.1, 0.15) is 31.9 Å². The van der Waals surface area contributed by atoms with Gasteiger partial charge in [-0.1, -0.05) is 65.7 Å². The van der Waals surface area contributed by atoms with Gasteiger partial charge in [0, 0.05) is 22.6 Å². The first-order chi connectivity index (χ1) is 17.9. The molecule has 0 fully saturated rings. The molecule has 0 aromatic heterocycles. The van der Waals surface area contributed by atoms with E-state index < -0.39 is 28.5 Å². The number of rotatable bonds is 10. The van der Waals surface area contributed by atoms with Crippen LogP contribution < -0.4 is 9.62 Å². The molecule has 0 bridgehead atoms. The smallest absolute Gasteiger partial charge is 0.264 e. The highest BCUT2D eigenvalue weighted by Gasteiger charge is 2.33. The van der Waals surface area contributed by atoms with Gasteiger partial charge in [0.1, 0.15) is 12.6 Å². The minimum absolute atomic E-state index is 0.0128. The lowest BCUT2D eigenvalue weighted by atomic mass is 10.1. The van der Waals surface area contributed by atoms with Crippen molar-refractivity contribution in [2.24, 2.45) is 0 Å². The first-order valence-corrected chi connectivity index (χ1v) is 14.3. The third-order valence-corrected chi connectivity index (χ3v) is 8.57. The molecule has 0 saturated carbocycles. The van der Waals surface area contributed by atoms with E-state index in [4.69, 9.17) is 23.2 Å². The molecule has 3 aromatic carbocycles. The zero-order valence-corrected chi connectivity index (χ0v) is 24.0. The summed E-state index contributed by atoms with van der Waals surface area (Å²) in [5.41, 5.74) is 1.40. The molecule has 10 heteroatoms. The van der Waals surface area contributed by atoms with Crippen molar-refractivity contribution in [1.82, 2.24) is 10.2 Å². The van der Waals surface area contributed by atoms with Crippen molar-refractivity contribution >= 4 is 50.7 Å². The number of hydrogen-bond donors (Lipinski definition) is 1. The first-order valence-electron chi connectivity index (χ1n) is 12.1. The zero-order chi connectivity index (χ0) is 28.0. The Hall–Kier alpha value is -3.07. The number of amides is 2. The molecule has 7 nitrogen and oxygen atoms in total. The summed E-state index contributed by atoms with van der Waals surface area (Å²) in [6.07, 6.45) is 0. The molecular weight excluding hydrogens is 545 g/mol. The van der Waals surface area contributed by atoms with Crippen molar-refractivity contribution in [3.8, 4) is 0 Å². The Kier molecular flexibility index (Phi) is 9.82. The monoisotopic (exact) mass is 575 g/mol. The Morgan fingerprint density at radius 3 is 2.11 bits per heavy atom. The average Bonchev–Trinajstić information content (AvgIpc) is 2.88. The van der Waals surface area contributed by atoms with Crippen LogP contribution in [0.15, 0.2) is 77.7 Å². The number of sulfonamides is 1. The average molecular weight is 577 g/mol. The third-order valence-electron chi connectivity index (χ3n) is 6.01. The Labute approximate surface area is 234 Å². The fourth-order valence-electron chi connectivity index (χ4n) is 3.90. The van der Waals surface area contributed by atoms with Crippen LogP contribution in [0.2, 0.25) is 10.0 Å². The minimum Gasteiger partial charge on any atom is -0.352 e. The number of nitrogens with one attached hydrogen (secondary N) is 1. The molecule has 2 amide bonds. The Balaban J connectivity index is 2.08. The van der Waals surface area contributed by atoms with Crippen LogP contribution in [0.5, 0.6) is 0 Å². The second-order valence-corrected chi connectivity index (χ2v) is 11.8. The van der Waals surface area contributed by atoms with Crippen molar-refractivity contribution in [2.75, 3.05) is 10.8 Å². The van der Waals surface area contributed by atoms with Crippen molar-refractivity contribution in [3.05, 3.63) is 94.0 Å². The lowest BCUT2D eigenvalue weighted by Crippen LogP contribution is -2.52. The lowest BCUT2D eigenvalue weighted by molar-refractivity contribution is -0.139. The standard InChI is InChI=1S/C28H31Cl2N3O4S/c1-19(2)31-28(35)21(4)32(17-22-11-8-9-14-25(22)30)27(34)18-33(26-16-10-15-24(29)20(26)3)38(36,37)23-12-6-5-7-13-23/h5-16,19,21H,17-18H2,1-4H3,(H,31,35)/t21-/m0/s1. The summed E-state index contributed by atoms with van der Waals surface area (Å²) in [5, 5.41) is 3.61. The zero-order valence-electron chi connectivity index (χ0n) is 21.7. The summed E-state index contributed by atoms with van der Waals surface area (Å²) in [6, 6.07) is 18.7. The number of hydrogen-bond acceptors (Lipinski definition) is 4. The summed E-state index contributed by atoms with van der Waals surface area (Å²) in [6.45, 7) is 6.39. The Morgan fingerprint density at radius 2 is 1.47 bits per heavy atom. The van der Waals surface area contributed by atoms with E-state index in [1.807, 2.05) is 13.8 Å². The van der Waals surface area contributed by atoms with Gasteiger partial charge in [0.25, 0.3) is 10.0 Å². The van der Waals surface area contributed by atoms with Gasteiger partial charge >= 0.3 is 0 Å². The molecule has 202 valence electrons. The van der Waals surface area contributed by atoms with Gasteiger partial charge < -0.3 is 10.2 Å². The van der Waals surface area contributed by atoms with Crippen LogP contribution in [0.3, 0.4) is 0 Å². The van der Waals surface area contributed by atoms with Gasteiger partial charge in [-0.25, -0.2) is 8.42 Å². The van der Waals surface area contributed by atoms with Gasteiger partial charge in [0.2, 0.25) is 11.8 Å². The highest BCUT2D eigenvalue weighted by atomic mass is 35.5. The topological polar surface area (TPSA) is 86.8 Å². The SMILES string of the molecule is Cc1c(Cl)cccc1N(CC(=O)N(Cc1ccccc1Cl)[C@@H](C)C(=O)NC(C)C)S(=O)(=O)c1ccccc1. The maximum Gasteiger partial charge on any atom is 0.264 e. The molecule has 0 aliphatic rings. The van der Waals surface area contributed by atoms with Crippen molar-refractivity contribution in [1.29, 1.82) is 0 Å². The molecule has 0 saturated heterocycles. The van der Waals surface area contributed by atoms with E-state index in [2.05, 4.69) is 5.32 Å². The molecule has 1 N–H and O–H groups in total. The second kappa shape index (κ2) is 12.7. The number of halogens is 2. The van der Waals surface area contributed by atoms with E-state index in [1.165, 1.54) is 17.0 Å². The highest BCUT2D eigenvalue weighted by molar-refractivity contribution is 7.92. The number of carbonyl (C=O) groups excluding carboxylic acids is 2. The molecular formula is C28H31Cl2N3O4S. The summed E-state index contributed by atoms with van der Waals surface area (Å²) in [4.78, 5) is 28.2. The summed E-state index contributed by atoms with van der Waals surface area (Å²) in [7, 11) is -4.17. The third kappa shape index (κ3) is 6.87. The van der Waals surface area contributed by atoms with Gasteiger partial charge in [0.05, 0.1) is 10.6 Å². The predicted octanol–water partition coefficient (Wildman–Crippen LogP) is 5.44. The molecule has 0 radical (unpaired) electrons. The van der Waals surface area contributed by atoms with Crippen LogP contribution in [0, 0.1) is 6.92 Å². The number of anilines is 1. The highest BCUT2D eigenvalue weighted by Crippen LogP contribution is 2.31. The molecule has 0 aliphatic carbocycles. The lowest BCUT2D eigenvalue weighted by Gasteiger charge is -2.33. The van der Waals surface area contributed by atoms with E-state index in [0.29, 0.717) is 21.2 Å². The van der Waals surface area contributed by atoms with Gasteiger partial charge in [-0.05, 0) is 69.2 Å². The van der Waals surface area contributed by atoms with Crippen molar-refractivity contribution in [2.45, 2.75) is 51.2 Å². The maximum atomic E-state index is 13.9. The Morgan fingerprint density at radius 1 is 0.868 bits per heavy atom. The fourth-order valence-corrected chi connectivity index (χ4v) is 5.75. The molecule has 0 unspecified atom stereocenters. The first kappa shape index (κ1) is 29.5. The quantitative estimate of drug-likeness (QED) is 0.348. The summed E-state index contributed by atoms with van der Waals surface area (Å²) >= 11 is 12.7. The van der Waals surface area contributed by atoms with E-state index in [-0.39, 0.29) is 29.1 Å². The summed E-state index contributed by atoms with van der Waals surface area (Å²) < 4.78 is 28.7. The van der Waals surface area contributed by atoms with Crippen LogP contribution in [-0.4, -0.2) is 43.8 Å². The largest absolute Gasteiger partial charge is 0.352 e. The molecule has 3 aromatic rings. The molecule has 38 heavy (non-hydrogen) atoms. The van der Waals surface area contributed by atoms with Crippen molar-refractivity contribution < 1.29 is 18.0 Å². The van der Waals surface area contributed by atoms with E-state index >= 15 is 0 Å². The predicted molar refractivity (Wildman–Crippen MR) is 152 cm³/mol. The Bertz CT molecular complexity index is 1400. The summed E-state index contributed by atoms with van der Waals surface area (Å²) in [5.74, 6) is -0.938. The molecule has 0 aliphatic heterocycles. The molecule has 1 atom stereocenters. The van der Waals surface area contributed by atoms with Gasteiger partial charge in [-0.2, -0.15) is 0 Å². The number of carbonyl (C=O) groups is 2.